The lowest BCUT2D eigenvalue weighted by molar-refractivity contribution is 0.0515. The molecule has 0 radical (unpaired) electrons. The van der Waals surface area contributed by atoms with Gasteiger partial charge in [0.05, 0.1) is 19.8 Å². The van der Waals surface area contributed by atoms with Crippen molar-refractivity contribution in [2.45, 2.75) is 6.92 Å². The summed E-state index contributed by atoms with van der Waals surface area (Å²) in [4.78, 5) is 22.9. The quantitative estimate of drug-likeness (QED) is 0.800. The van der Waals surface area contributed by atoms with Gasteiger partial charge in [0.1, 0.15) is 0 Å². The van der Waals surface area contributed by atoms with Crippen LogP contribution in [0.1, 0.15) is 17.4 Å². The van der Waals surface area contributed by atoms with E-state index >= 15 is 0 Å². The zero-order chi connectivity index (χ0) is 18.8. The van der Waals surface area contributed by atoms with Crippen LogP contribution in [0.4, 0.5) is 5.82 Å². The molecule has 1 aromatic carbocycles. The number of aromatic nitrogens is 2. The van der Waals surface area contributed by atoms with Crippen LogP contribution in [0.15, 0.2) is 18.2 Å². The summed E-state index contributed by atoms with van der Waals surface area (Å²) in [5.74, 6) is 0.791. The summed E-state index contributed by atoms with van der Waals surface area (Å²) < 4.78 is 21.1. The highest BCUT2D eigenvalue weighted by molar-refractivity contribution is 5.92. The van der Waals surface area contributed by atoms with Gasteiger partial charge >= 0.3 is 5.97 Å². The second kappa shape index (κ2) is 7.28. The number of fused-ring (bicyclic) bond motifs is 1. The van der Waals surface area contributed by atoms with Gasteiger partial charge in [-0.25, -0.2) is 14.8 Å². The van der Waals surface area contributed by atoms with Gasteiger partial charge in [-0.2, -0.15) is 0 Å². The van der Waals surface area contributed by atoms with Crippen molar-refractivity contribution in [2.24, 2.45) is 0 Å². The van der Waals surface area contributed by atoms with Gasteiger partial charge in [-0.05, 0) is 25.1 Å². The molecule has 9 nitrogen and oxygen atoms in total. The number of rotatable bonds is 4. The maximum absolute atomic E-state index is 12.3. The SMILES string of the molecule is CCOC(=O)c1nc(-c2ccc3c(c2)OCO3)nc(N2CCOCC2)c1O. The minimum Gasteiger partial charge on any atom is -0.503 e. The monoisotopic (exact) mass is 373 g/mol. The van der Waals surface area contributed by atoms with E-state index < -0.39 is 5.97 Å². The molecular weight excluding hydrogens is 354 g/mol. The molecule has 0 unspecified atom stereocenters. The largest absolute Gasteiger partial charge is 0.503 e. The third-order valence-electron chi connectivity index (χ3n) is 4.28. The van der Waals surface area contributed by atoms with Crippen molar-refractivity contribution in [3.8, 4) is 28.6 Å². The number of esters is 1. The lowest BCUT2D eigenvalue weighted by Gasteiger charge is -2.28. The van der Waals surface area contributed by atoms with Crippen molar-refractivity contribution in [1.29, 1.82) is 0 Å². The normalized spacial score (nSPS) is 15.7. The first-order valence-electron chi connectivity index (χ1n) is 8.68. The van der Waals surface area contributed by atoms with Crippen LogP contribution in [0.25, 0.3) is 11.4 Å². The third kappa shape index (κ3) is 3.33. The molecule has 1 aromatic heterocycles. The smallest absolute Gasteiger partial charge is 0.361 e. The van der Waals surface area contributed by atoms with E-state index in [1.54, 1.807) is 25.1 Å². The highest BCUT2D eigenvalue weighted by Crippen LogP contribution is 2.37. The van der Waals surface area contributed by atoms with Crippen LogP contribution >= 0.6 is 0 Å². The van der Waals surface area contributed by atoms with Gasteiger partial charge in [-0.3, -0.25) is 0 Å². The first-order chi connectivity index (χ1) is 13.2. The summed E-state index contributed by atoms with van der Waals surface area (Å²) in [7, 11) is 0. The minimum atomic E-state index is -0.700. The third-order valence-corrected chi connectivity index (χ3v) is 4.28. The van der Waals surface area contributed by atoms with Crippen LogP contribution in [0, 0.1) is 0 Å². The van der Waals surface area contributed by atoms with Crippen LogP contribution in [-0.2, 0) is 9.47 Å². The summed E-state index contributed by atoms with van der Waals surface area (Å²) >= 11 is 0. The Morgan fingerprint density at radius 2 is 2.00 bits per heavy atom. The van der Waals surface area contributed by atoms with Gasteiger partial charge in [0.15, 0.2) is 34.6 Å². The Kier molecular flexibility index (Phi) is 4.68. The van der Waals surface area contributed by atoms with Gasteiger partial charge in [0.25, 0.3) is 0 Å². The maximum Gasteiger partial charge on any atom is 0.361 e. The number of aromatic hydroxyl groups is 1. The fraction of sp³-hybridized carbons (Fsp3) is 0.389. The van der Waals surface area contributed by atoms with E-state index in [1.165, 1.54) is 0 Å². The molecule has 2 aromatic rings. The number of benzene rings is 1. The molecule has 9 heteroatoms. The maximum atomic E-state index is 12.3. The van der Waals surface area contributed by atoms with Crippen molar-refractivity contribution < 1.29 is 28.8 Å². The Hall–Kier alpha value is -3.07. The van der Waals surface area contributed by atoms with Crippen molar-refractivity contribution in [2.75, 3.05) is 44.6 Å². The van der Waals surface area contributed by atoms with Gasteiger partial charge < -0.3 is 29.0 Å². The number of carbonyl (C=O) groups is 1. The van der Waals surface area contributed by atoms with E-state index in [0.29, 0.717) is 43.4 Å². The Morgan fingerprint density at radius 3 is 2.78 bits per heavy atom. The average molecular weight is 373 g/mol. The molecule has 1 saturated heterocycles. The molecule has 1 fully saturated rings. The Morgan fingerprint density at radius 1 is 1.22 bits per heavy atom. The number of ether oxygens (including phenoxy) is 4. The van der Waals surface area contributed by atoms with Crippen LogP contribution < -0.4 is 14.4 Å². The summed E-state index contributed by atoms with van der Waals surface area (Å²) in [5.41, 5.74) is 0.473. The highest BCUT2D eigenvalue weighted by atomic mass is 16.7. The standard InChI is InChI=1S/C18H19N3O6/c1-2-25-18(23)14-15(22)17(21-5-7-24-8-6-21)20-16(19-14)11-3-4-12-13(9-11)27-10-26-12/h3-4,9,22H,2,5-8,10H2,1H3. The van der Waals surface area contributed by atoms with Crippen molar-refractivity contribution in [1.82, 2.24) is 9.97 Å². The molecule has 0 aliphatic carbocycles. The Bertz CT molecular complexity index is 866. The molecule has 2 aliphatic heterocycles. The molecular formula is C18H19N3O6. The Balaban J connectivity index is 1.80. The second-order valence-corrected chi connectivity index (χ2v) is 5.96. The molecule has 142 valence electrons. The molecule has 2 aliphatic rings. The molecule has 1 N–H and O–H groups in total. The minimum absolute atomic E-state index is 0.155. The van der Waals surface area contributed by atoms with E-state index in [1.807, 2.05) is 4.90 Å². The van der Waals surface area contributed by atoms with Crippen LogP contribution in [0.3, 0.4) is 0 Å². The molecule has 4 rings (SSSR count). The lowest BCUT2D eigenvalue weighted by Crippen LogP contribution is -2.37. The van der Waals surface area contributed by atoms with Gasteiger partial charge in [0, 0.05) is 18.7 Å². The fourth-order valence-electron chi connectivity index (χ4n) is 2.95. The number of nitrogens with zero attached hydrogens (tertiary/aromatic N) is 3. The molecule has 27 heavy (non-hydrogen) atoms. The Labute approximate surface area is 155 Å². The summed E-state index contributed by atoms with van der Waals surface area (Å²) in [6.45, 7) is 4.14. The second-order valence-electron chi connectivity index (χ2n) is 5.96. The van der Waals surface area contributed by atoms with E-state index in [0.717, 1.165) is 0 Å². The van der Waals surface area contributed by atoms with Gasteiger partial charge in [-0.15, -0.1) is 0 Å². The lowest BCUT2D eigenvalue weighted by atomic mass is 10.1. The number of anilines is 1. The summed E-state index contributed by atoms with van der Waals surface area (Å²) in [5, 5.41) is 10.6. The van der Waals surface area contributed by atoms with Crippen molar-refractivity contribution in [3.05, 3.63) is 23.9 Å². The predicted octanol–water partition coefficient (Wildman–Crippen LogP) is 1.59. The first-order valence-corrected chi connectivity index (χ1v) is 8.68. The number of hydrogen-bond acceptors (Lipinski definition) is 9. The van der Waals surface area contributed by atoms with Crippen molar-refractivity contribution >= 4 is 11.8 Å². The summed E-state index contributed by atoms with van der Waals surface area (Å²) in [6.07, 6.45) is 0. The highest BCUT2D eigenvalue weighted by Gasteiger charge is 2.26. The van der Waals surface area contributed by atoms with Crippen LogP contribution in [0.2, 0.25) is 0 Å². The number of morpholine rings is 1. The molecule has 3 heterocycles. The summed E-state index contributed by atoms with van der Waals surface area (Å²) in [6, 6.07) is 5.27. The van der Waals surface area contributed by atoms with E-state index in [-0.39, 0.29) is 36.5 Å². The average Bonchev–Trinajstić information content (AvgIpc) is 3.17. The topological polar surface area (TPSA) is 103 Å². The zero-order valence-electron chi connectivity index (χ0n) is 14.8. The van der Waals surface area contributed by atoms with Gasteiger partial charge in [-0.1, -0.05) is 0 Å². The van der Waals surface area contributed by atoms with E-state index in [9.17, 15) is 9.90 Å². The van der Waals surface area contributed by atoms with E-state index in [4.69, 9.17) is 18.9 Å². The molecule has 0 saturated carbocycles. The fourth-order valence-corrected chi connectivity index (χ4v) is 2.95. The molecule has 0 bridgehead atoms. The molecule has 0 spiro atoms. The first kappa shape index (κ1) is 17.3. The van der Waals surface area contributed by atoms with Crippen LogP contribution in [-0.4, -0.2) is 60.7 Å². The number of hydrogen-bond donors (Lipinski definition) is 1. The molecule has 0 amide bonds. The van der Waals surface area contributed by atoms with Crippen molar-refractivity contribution in [3.63, 3.8) is 0 Å². The predicted molar refractivity (Wildman–Crippen MR) is 94.2 cm³/mol. The number of carbonyl (C=O) groups excluding carboxylic acids is 1. The molecule has 0 atom stereocenters. The zero-order valence-corrected chi connectivity index (χ0v) is 14.8. The van der Waals surface area contributed by atoms with E-state index in [2.05, 4.69) is 9.97 Å². The van der Waals surface area contributed by atoms with Gasteiger partial charge in [0.2, 0.25) is 6.79 Å². The van der Waals surface area contributed by atoms with Crippen LogP contribution in [0.5, 0.6) is 17.2 Å².